The van der Waals surface area contributed by atoms with Crippen LogP contribution in [0, 0.1) is 0 Å². The van der Waals surface area contributed by atoms with E-state index in [0.717, 1.165) is 5.75 Å². The van der Waals surface area contributed by atoms with E-state index in [0.29, 0.717) is 6.61 Å². The van der Waals surface area contributed by atoms with E-state index >= 15 is 0 Å². The fraction of sp³-hybridized carbons (Fsp3) is 0.184. The molecule has 6 rings (SSSR count). The highest BCUT2D eigenvalue weighted by Gasteiger charge is 2.38. The number of nitrogens with zero attached hydrogens (tertiary/aromatic N) is 1. The molecule has 1 atom stereocenters. The van der Waals surface area contributed by atoms with Crippen molar-refractivity contribution in [1.29, 1.82) is 0 Å². The Bertz CT molecular complexity index is 1500. The first kappa shape index (κ1) is 27.9. The van der Waals surface area contributed by atoms with Gasteiger partial charge >= 0.3 is 6.09 Å². The maximum absolute atomic E-state index is 13.4. The van der Waals surface area contributed by atoms with Crippen LogP contribution in [0.1, 0.15) is 40.7 Å². The summed E-state index contributed by atoms with van der Waals surface area (Å²) >= 11 is 1.86. The Labute approximate surface area is 253 Å². The lowest BCUT2D eigenvalue weighted by atomic mass is 9.84. The second kappa shape index (κ2) is 12.3. The molecule has 0 N–H and O–H groups in total. The lowest BCUT2D eigenvalue weighted by Crippen LogP contribution is -2.39. The minimum absolute atomic E-state index is 0.0429. The molecule has 0 heterocycles. The predicted molar refractivity (Wildman–Crippen MR) is 174 cm³/mol. The quantitative estimate of drug-likeness (QED) is 0.166. The molecule has 0 fully saturated rings. The van der Waals surface area contributed by atoms with Crippen LogP contribution < -0.4 is 0 Å². The average Bonchev–Trinajstić information content (AvgIpc) is 3.38. The van der Waals surface area contributed by atoms with Crippen LogP contribution >= 0.6 is 11.8 Å². The van der Waals surface area contributed by atoms with Gasteiger partial charge in [0.25, 0.3) is 0 Å². The summed E-state index contributed by atoms with van der Waals surface area (Å²) in [6, 6.07) is 48.8. The van der Waals surface area contributed by atoms with Crippen molar-refractivity contribution in [2.45, 2.75) is 23.6 Å². The van der Waals surface area contributed by atoms with Crippen LogP contribution in [0.5, 0.6) is 0 Å². The number of hydrogen-bond acceptors (Lipinski definition) is 3. The molecule has 3 nitrogen and oxygen atoms in total. The van der Waals surface area contributed by atoms with Crippen LogP contribution in [0.3, 0.4) is 0 Å². The van der Waals surface area contributed by atoms with E-state index < -0.39 is 4.75 Å². The SMILES string of the molecule is C[C@H](CSC(c1ccccc1)(c1ccccc1)c1ccccc1)N(C)C(=O)OCC1c2ccccc2-c2ccccc21. The van der Waals surface area contributed by atoms with Gasteiger partial charge in [-0.05, 0) is 45.9 Å². The Morgan fingerprint density at radius 2 is 1.10 bits per heavy atom. The van der Waals surface area contributed by atoms with Gasteiger partial charge in [-0.1, -0.05) is 140 Å². The van der Waals surface area contributed by atoms with Crippen molar-refractivity contribution < 1.29 is 9.53 Å². The molecule has 0 spiro atoms. The highest BCUT2D eigenvalue weighted by molar-refractivity contribution is 8.00. The van der Waals surface area contributed by atoms with Crippen LogP contribution in [-0.2, 0) is 9.48 Å². The van der Waals surface area contributed by atoms with Gasteiger partial charge in [0.1, 0.15) is 6.61 Å². The monoisotopic (exact) mass is 569 g/mol. The standard InChI is InChI=1S/C38H35NO2S/c1-28(39(2)37(40)41-26-36-34-24-14-12-22-32(34)33-23-13-15-25-35(33)36)27-42-38(29-16-6-3-7-17-29,30-18-8-4-9-19-30)31-20-10-5-11-21-31/h3-25,28,36H,26-27H2,1-2H3/t28-/m1/s1. The van der Waals surface area contributed by atoms with Crippen molar-refractivity contribution >= 4 is 17.9 Å². The molecule has 42 heavy (non-hydrogen) atoms. The number of amides is 1. The van der Waals surface area contributed by atoms with Gasteiger partial charge in [-0.3, -0.25) is 0 Å². The molecule has 0 unspecified atom stereocenters. The zero-order chi connectivity index (χ0) is 28.9. The van der Waals surface area contributed by atoms with Crippen LogP contribution in [0.2, 0.25) is 0 Å². The first-order chi connectivity index (χ1) is 20.6. The Morgan fingerprint density at radius 1 is 0.690 bits per heavy atom. The molecule has 4 heteroatoms. The number of carbonyl (C=O) groups is 1. The van der Waals surface area contributed by atoms with Crippen LogP contribution in [0.25, 0.3) is 11.1 Å². The summed E-state index contributed by atoms with van der Waals surface area (Å²) in [6.07, 6.45) is -0.297. The Hall–Kier alpha value is -4.28. The molecule has 5 aromatic rings. The first-order valence-corrected chi connectivity index (χ1v) is 15.5. The molecule has 1 aliphatic carbocycles. The number of hydrogen-bond donors (Lipinski definition) is 0. The van der Waals surface area contributed by atoms with Crippen molar-refractivity contribution in [2.75, 3.05) is 19.4 Å². The number of carbonyl (C=O) groups excluding carboxylic acids is 1. The third kappa shape index (κ3) is 5.23. The molecule has 0 saturated carbocycles. The minimum Gasteiger partial charge on any atom is -0.448 e. The van der Waals surface area contributed by atoms with Gasteiger partial charge in [-0.25, -0.2) is 4.79 Å². The molecule has 0 aliphatic heterocycles. The van der Waals surface area contributed by atoms with Gasteiger partial charge in [0.15, 0.2) is 0 Å². The van der Waals surface area contributed by atoms with Crippen molar-refractivity contribution in [3.8, 4) is 11.1 Å². The van der Waals surface area contributed by atoms with E-state index in [2.05, 4.69) is 146 Å². The van der Waals surface area contributed by atoms with Crippen molar-refractivity contribution in [2.24, 2.45) is 0 Å². The van der Waals surface area contributed by atoms with Gasteiger partial charge in [0.05, 0.1) is 4.75 Å². The lowest BCUT2D eigenvalue weighted by Gasteiger charge is -2.37. The summed E-state index contributed by atoms with van der Waals surface area (Å²) in [7, 11) is 1.85. The second-order valence-corrected chi connectivity index (χ2v) is 12.1. The van der Waals surface area contributed by atoms with E-state index in [1.807, 2.05) is 18.8 Å². The first-order valence-electron chi connectivity index (χ1n) is 14.5. The molecule has 1 aliphatic rings. The van der Waals surface area contributed by atoms with Crippen molar-refractivity contribution in [3.05, 3.63) is 167 Å². The van der Waals surface area contributed by atoms with Crippen molar-refractivity contribution in [1.82, 2.24) is 4.90 Å². The fourth-order valence-electron chi connectivity index (χ4n) is 6.00. The number of benzene rings is 5. The minimum atomic E-state index is -0.431. The second-order valence-electron chi connectivity index (χ2n) is 10.9. The number of thioether (sulfide) groups is 1. The van der Waals surface area contributed by atoms with Gasteiger partial charge < -0.3 is 9.64 Å². The maximum atomic E-state index is 13.4. The van der Waals surface area contributed by atoms with Gasteiger partial charge in [-0.15, -0.1) is 11.8 Å². The number of rotatable bonds is 9. The highest BCUT2D eigenvalue weighted by Crippen LogP contribution is 2.49. The number of fused-ring (bicyclic) bond motifs is 3. The van der Waals surface area contributed by atoms with E-state index in [4.69, 9.17) is 4.74 Å². The molecule has 0 bridgehead atoms. The largest absolute Gasteiger partial charge is 0.448 e. The predicted octanol–water partition coefficient (Wildman–Crippen LogP) is 8.98. The summed E-state index contributed by atoms with van der Waals surface area (Å²) in [5, 5.41) is 0. The van der Waals surface area contributed by atoms with Crippen LogP contribution in [0.15, 0.2) is 140 Å². The lowest BCUT2D eigenvalue weighted by molar-refractivity contribution is 0.100. The topological polar surface area (TPSA) is 29.5 Å². The molecular weight excluding hydrogens is 534 g/mol. The Morgan fingerprint density at radius 3 is 1.55 bits per heavy atom. The highest BCUT2D eigenvalue weighted by atomic mass is 32.2. The summed E-state index contributed by atoms with van der Waals surface area (Å²) in [6.45, 7) is 2.42. The third-order valence-electron chi connectivity index (χ3n) is 8.37. The molecule has 1 amide bonds. The van der Waals surface area contributed by atoms with Gasteiger partial charge in [0.2, 0.25) is 0 Å². The molecular formula is C38H35NO2S. The van der Waals surface area contributed by atoms with Crippen molar-refractivity contribution in [3.63, 3.8) is 0 Å². The zero-order valence-electron chi connectivity index (χ0n) is 24.0. The summed E-state index contributed by atoms with van der Waals surface area (Å²) < 4.78 is 5.56. The number of ether oxygens (including phenoxy) is 1. The Balaban J connectivity index is 1.21. The van der Waals surface area contributed by atoms with E-state index in [1.165, 1.54) is 38.9 Å². The fourth-order valence-corrected chi connectivity index (χ4v) is 7.62. The zero-order valence-corrected chi connectivity index (χ0v) is 24.8. The van der Waals surface area contributed by atoms with Crippen LogP contribution in [-0.4, -0.2) is 36.4 Å². The molecule has 5 aromatic carbocycles. The normalized spacial score (nSPS) is 13.2. The molecule has 0 radical (unpaired) electrons. The van der Waals surface area contributed by atoms with E-state index in [1.54, 1.807) is 4.90 Å². The van der Waals surface area contributed by atoms with E-state index in [9.17, 15) is 4.79 Å². The smallest absolute Gasteiger partial charge is 0.409 e. The van der Waals surface area contributed by atoms with Gasteiger partial charge in [0, 0.05) is 24.8 Å². The summed E-state index contributed by atoms with van der Waals surface area (Å²) in [5.41, 5.74) is 8.53. The Kier molecular flexibility index (Phi) is 8.16. The summed E-state index contributed by atoms with van der Waals surface area (Å²) in [4.78, 5) is 15.1. The van der Waals surface area contributed by atoms with E-state index in [-0.39, 0.29) is 18.1 Å². The average molecular weight is 570 g/mol. The third-order valence-corrected chi connectivity index (χ3v) is 10.2. The van der Waals surface area contributed by atoms with Crippen LogP contribution in [0.4, 0.5) is 4.79 Å². The molecule has 0 saturated heterocycles. The molecule has 0 aromatic heterocycles. The van der Waals surface area contributed by atoms with Gasteiger partial charge in [-0.2, -0.15) is 0 Å². The molecule has 210 valence electrons. The summed E-state index contributed by atoms with van der Waals surface area (Å²) in [5.74, 6) is 0.764. The maximum Gasteiger partial charge on any atom is 0.409 e.